The van der Waals surface area contributed by atoms with E-state index in [0.717, 1.165) is 11.8 Å². The highest BCUT2D eigenvalue weighted by Gasteiger charge is 2.16. The number of carbonyl (C=O) groups is 3. The van der Waals surface area contributed by atoms with Gasteiger partial charge >= 0.3 is 11.9 Å². The van der Waals surface area contributed by atoms with Crippen LogP contribution in [0.5, 0.6) is 0 Å². The third kappa shape index (κ3) is 8.82. The third-order valence-corrected chi connectivity index (χ3v) is 2.13. The Balaban J connectivity index is 0.000000388. The first kappa shape index (κ1) is 17.8. The van der Waals surface area contributed by atoms with Gasteiger partial charge in [-0.05, 0) is 13.3 Å². The number of aliphatic hydroxyl groups is 1. The largest absolute Gasteiger partial charge is 0.481 e. The van der Waals surface area contributed by atoms with Gasteiger partial charge in [0, 0.05) is 12.0 Å². The molecule has 1 rings (SSSR count). The number of aliphatic hydroxyl groups excluding tert-OH is 1. The highest BCUT2D eigenvalue weighted by Crippen LogP contribution is 1.99. The summed E-state index contributed by atoms with van der Waals surface area (Å²) in [6.07, 6.45) is -0.824. The first-order chi connectivity index (χ1) is 9.51. The van der Waals surface area contributed by atoms with Gasteiger partial charge in [-0.1, -0.05) is 30.3 Å². The molecule has 1 aromatic carbocycles. The Morgan fingerprint density at radius 3 is 2.30 bits per heavy atom. The van der Waals surface area contributed by atoms with Crippen LogP contribution in [0.3, 0.4) is 0 Å². The number of carboxylic acids is 1. The third-order valence-electron chi connectivity index (χ3n) is 2.13. The Bertz CT molecular complexity index is 415. The lowest BCUT2D eigenvalue weighted by molar-refractivity contribution is -0.153. The minimum atomic E-state index is -1.32. The van der Waals surface area contributed by atoms with Crippen molar-refractivity contribution in [2.75, 3.05) is 6.61 Å². The summed E-state index contributed by atoms with van der Waals surface area (Å²) in [4.78, 5) is 30.7. The molecule has 6 nitrogen and oxygen atoms in total. The van der Waals surface area contributed by atoms with Gasteiger partial charge < -0.3 is 14.9 Å². The normalized spacial score (nSPS) is 10.7. The van der Waals surface area contributed by atoms with Crippen LogP contribution in [-0.2, 0) is 14.3 Å². The predicted molar refractivity (Wildman–Crippen MR) is 71.3 cm³/mol. The standard InChI is InChI=1S/C7H12O5.C7H6O/c1-2-12-7(11)5(8)3-4-6(9)10;8-6-7-4-2-1-3-5-7/h5,8H,2-4H2,1H3,(H,9,10);1-6H. The van der Waals surface area contributed by atoms with Gasteiger partial charge in [-0.25, -0.2) is 4.79 Å². The average Bonchev–Trinajstić information content (AvgIpc) is 2.46. The topological polar surface area (TPSA) is 101 Å². The minimum absolute atomic E-state index is 0.103. The van der Waals surface area contributed by atoms with E-state index >= 15 is 0 Å². The van der Waals surface area contributed by atoms with E-state index in [1.54, 1.807) is 19.1 Å². The van der Waals surface area contributed by atoms with Crippen LogP contribution in [0.25, 0.3) is 0 Å². The molecule has 1 atom stereocenters. The summed E-state index contributed by atoms with van der Waals surface area (Å²) >= 11 is 0. The molecule has 20 heavy (non-hydrogen) atoms. The molecular weight excluding hydrogens is 264 g/mol. The summed E-state index contributed by atoms with van der Waals surface area (Å²) in [6, 6.07) is 9.10. The maximum Gasteiger partial charge on any atom is 0.334 e. The summed E-state index contributed by atoms with van der Waals surface area (Å²) in [6.45, 7) is 1.80. The van der Waals surface area contributed by atoms with Crippen LogP contribution < -0.4 is 0 Å². The van der Waals surface area contributed by atoms with Crippen molar-refractivity contribution < 1.29 is 29.3 Å². The number of rotatable bonds is 6. The van der Waals surface area contributed by atoms with E-state index in [-0.39, 0.29) is 19.4 Å². The fourth-order valence-electron chi connectivity index (χ4n) is 1.15. The number of esters is 1. The van der Waals surface area contributed by atoms with Gasteiger partial charge in [0.2, 0.25) is 0 Å². The van der Waals surface area contributed by atoms with Crippen LogP contribution in [0.4, 0.5) is 0 Å². The van der Waals surface area contributed by atoms with Crippen molar-refractivity contribution in [2.24, 2.45) is 0 Å². The van der Waals surface area contributed by atoms with Gasteiger partial charge in [-0.3, -0.25) is 9.59 Å². The number of aldehydes is 1. The number of aliphatic carboxylic acids is 1. The number of ether oxygens (including phenoxy) is 1. The van der Waals surface area contributed by atoms with Gasteiger partial charge in [0.15, 0.2) is 6.10 Å². The van der Waals surface area contributed by atoms with E-state index in [0.29, 0.717) is 0 Å². The molecule has 0 amide bonds. The fraction of sp³-hybridized carbons (Fsp3) is 0.357. The molecule has 1 unspecified atom stereocenters. The molecule has 0 aliphatic rings. The van der Waals surface area contributed by atoms with E-state index in [1.807, 2.05) is 18.2 Å². The van der Waals surface area contributed by atoms with E-state index < -0.39 is 18.0 Å². The van der Waals surface area contributed by atoms with Gasteiger partial charge in [-0.15, -0.1) is 0 Å². The van der Waals surface area contributed by atoms with Crippen molar-refractivity contribution >= 4 is 18.2 Å². The zero-order valence-corrected chi connectivity index (χ0v) is 11.2. The van der Waals surface area contributed by atoms with E-state index in [2.05, 4.69) is 4.74 Å². The van der Waals surface area contributed by atoms with Crippen molar-refractivity contribution in [3.05, 3.63) is 35.9 Å². The molecule has 0 radical (unpaired) electrons. The summed E-state index contributed by atoms with van der Waals surface area (Å²) in [7, 11) is 0. The molecule has 0 aliphatic heterocycles. The lowest BCUT2D eigenvalue weighted by Crippen LogP contribution is -2.23. The second-order valence-corrected chi connectivity index (χ2v) is 3.73. The Morgan fingerprint density at radius 1 is 1.30 bits per heavy atom. The Hall–Kier alpha value is -2.21. The summed E-state index contributed by atoms with van der Waals surface area (Å²) in [5, 5.41) is 17.2. The molecular formula is C14H18O6. The fourth-order valence-corrected chi connectivity index (χ4v) is 1.15. The minimum Gasteiger partial charge on any atom is -0.481 e. The predicted octanol–water partition coefficient (Wildman–Crippen LogP) is 1.27. The van der Waals surface area contributed by atoms with Crippen LogP contribution in [-0.4, -0.2) is 41.1 Å². The molecule has 110 valence electrons. The number of carboxylic acid groups (broad SMARTS) is 1. The number of hydrogen-bond donors (Lipinski definition) is 2. The SMILES string of the molecule is CCOC(=O)C(O)CCC(=O)O.O=Cc1ccccc1. The van der Waals surface area contributed by atoms with Crippen LogP contribution in [0, 0.1) is 0 Å². The first-order valence-electron chi connectivity index (χ1n) is 6.08. The molecule has 0 aliphatic carbocycles. The molecule has 0 aromatic heterocycles. The van der Waals surface area contributed by atoms with E-state index in [4.69, 9.17) is 10.2 Å². The molecule has 2 N–H and O–H groups in total. The van der Waals surface area contributed by atoms with Crippen molar-refractivity contribution in [1.29, 1.82) is 0 Å². The van der Waals surface area contributed by atoms with Gasteiger partial charge in [0.1, 0.15) is 6.29 Å². The van der Waals surface area contributed by atoms with E-state index in [1.165, 1.54) is 0 Å². The van der Waals surface area contributed by atoms with Crippen LogP contribution in [0.2, 0.25) is 0 Å². The monoisotopic (exact) mass is 282 g/mol. The zero-order valence-electron chi connectivity index (χ0n) is 11.2. The number of hydrogen-bond acceptors (Lipinski definition) is 5. The lowest BCUT2D eigenvalue weighted by atomic mass is 10.2. The quantitative estimate of drug-likeness (QED) is 0.602. The molecule has 0 heterocycles. The van der Waals surface area contributed by atoms with Crippen molar-refractivity contribution in [3.63, 3.8) is 0 Å². The highest BCUT2D eigenvalue weighted by molar-refractivity contribution is 5.75. The van der Waals surface area contributed by atoms with Crippen molar-refractivity contribution in [3.8, 4) is 0 Å². The summed E-state index contributed by atoms with van der Waals surface area (Å²) in [5.41, 5.74) is 0.729. The molecule has 6 heteroatoms. The highest BCUT2D eigenvalue weighted by atomic mass is 16.5. The number of benzene rings is 1. The second kappa shape index (κ2) is 10.7. The van der Waals surface area contributed by atoms with Gasteiger partial charge in [0.05, 0.1) is 6.61 Å². The van der Waals surface area contributed by atoms with Gasteiger partial charge in [0.25, 0.3) is 0 Å². The zero-order chi connectivity index (χ0) is 15.4. The second-order valence-electron chi connectivity index (χ2n) is 3.73. The summed E-state index contributed by atoms with van der Waals surface area (Å²) in [5.74, 6) is -1.81. The Morgan fingerprint density at radius 2 is 1.90 bits per heavy atom. The molecule has 1 aromatic rings. The van der Waals surface area contributed by atoms with Crippen molar-refractivity contribution in [2.45, 2.75) is 25.9 Å². The van der Waals surface area contributed by atoms with Crippen LogP contribution in [0.1, 0.15) is 30.1 Å². The van der Waals surface area contributed by atoms with Crippen LogP contribution >= 0.6 is 0 Å². The maximum absolute atomic E-state index is 10.7. The molecule has 0 saturated heterocycles. The van der Waals surface area contributed by atoms with E-state index in [9.17, 15) is 14.4 Å². The van der Waals surface area contributed by atoms with Crippen LogP contribution in [0.15, 0.2) is 30.3 Å². The van der Waals surface area contributed by atoms with Crippen molar-refractivity contribution in [1.82, 2.24) is 0 Å². The molecule has 0 bridgehead atoms. The molecule has 0 spiro atoms. The Labute approximate surface area is 117 Å². The summed E-state index contributed by atoms with van der Waals surface area (Å²) < 4.78 is 4.45. The molecule has 0 saturated carbocycles. The lowest BCUT2D eigenvalue weighted by Gasteiger charge is -2.06. The number of carbonyl (C=O) groups excluding carboxylic acids is 2. The molecule has 0 fully saturated rings. The first-order valence-corrected chi connectivity index (χ1v) is 6.08. The average molecular weight is 282 g/mol. The smallest absolute Gasteiger partial charge is 0.334 e. The van der Waals surface area contributed by atoms with Gasteiger partial charge in [-0.2, -0.15) is 0 Å². The maximum atomic E-state index is 10.7. The Kier molecular flexibility index (Phi) is 9.51.